The molecule has 3 fully saturated rings. The lowest BCUT2D eigenvalue weighted by Crippen LogP contribution is -2.65. The van der Waals surface area contributed by atoms with Crippen LogP contribution < -0.4 is 14.9 Å². The Kier molecular flexibility index (Phi) is 11.9. The third-order valence-corrected chi connectivity index (χ3v) is 9.33. The zero-order valence-electron chi connectivity index (χ0n) is 27.8. The molecule has 4 heterocycles. The number of aliphatic hydroxyl groups excluding tert-OH is 11. The zero-order valence-corrected chi connectivity index (χ0v) is 27.8. The zero-order chi connectivity index (χ0) is 39.2. The summed E-state index contributed by atoms with van der Waals surface area (Å²) in [4.78, 5) is 14.2. The molecule has 3 aliphatic heterocycles. The first kappa shape index (κ1) is 39.9. The molecule has 2 aromatic carbocycles. The normalized spacial score (nSPS) is 37.3. The average Bonchev–Trinajstić information content (AvgIpc) is 3.15. The number of aromatic hydroxyl groups is 2. The van der Waals surface area contributed by atoms with E-state index >= 15 is 0 Å². The van der Waals surface area contributed by atoms with Crippen LogP contribution in [0.25, 0.3) is 22.3 Å². The summed E-state index contributed by atoms with van der Waals surface area (Å²) in [6, 6.07) is 7.07. The van der Waals surface area contributed by atoms with Gasteiger partial charge in [-0.1, -0.05) is 0 Å². The van der Waals surface area contributed by atoms with Gasteiger partial charge >= 0.3 is 0 Å². The number of aliphatic hydroxyl groups is 11. The molecule has 54 heavy (non-hydrogen) atoms. The molecular weight excluding hydrogens is 732 g/mol. The van der Waals surface area contributed by atoms with Gasteiger partial charge in [0, 0.05) is 17.7 Å². The van der Waals surface area contributed by atoms with Crippen LogP contribution in [0, 0.1) is 0 Å². The summed E-state index contributed by atoms with van der Waals surface area (Å²) in [5.74, 6) is -2.38. The summed E-state index contributed by atoms with van der Waals surface area (Å²) in [5, 5.41) is 133. The van der Waals surface area contributed by atoms with E-state index in [-0.39, 0.29) is 22.6 Å². The van der Waals surface area contributed by atoms with Crippen LogP contribution in [0.2, 0.25) is 0 Å². The van der Waals surface area contributed by atoms with Crippen molar-refractivity contribution in [3.05, 3.63) is 46.6 Å². The van der Waals surface area contributed by atoms with Crippen molar-refractivity contribution in [1.82, 2.24) is 0 Å². The van der Waals surface area contributed by atoms with E-state index in [0.29, 0.717) is 0 Å². The summed E-state index contributed by atoms with van der Waals surface area (Å²) in [7, 11) is 0. The Balaban J connectivity index is 1.41. The number of hydrogen-bond acceptors (Lipinski definition) is 21. The van der Waals surface area contributed by atoms with Gasteiger partial charge < -0.3 is 99.2 Å². The topological polar surface area (TPSA) is 349 Å². The van der Waals surface area contributed by atoms with Crippen molar-refractivity contribution in [3.63, 3.8) is 0 Å². The monoisotopic (exact) mass is 772 g/mol. The molecule has 21 heteroatoms. The summed E-state index contributed by atoms with van der Waals surface area (Å²) < 4.78 is 39.6. The van der Waals surface area contributed by atoms with Crippen molar-refractivity contribution in [2.75, 3.05) is 19.8 Å². The number of phenols is 2. The number of rotatable bonds is 10. The van der Waals surface area contributed by atoms with Gasteiger partial charge in [0.25, 0.3) is 0 Å². The van der Waals surface area contributed by atoms with Gasteiger partial charge in [-0.3, -0.25) is 4.79 Å². The molecule has 13 N–H and O–H groups in total. The maximum absolute atomic E-state index is 14.2. The summed E-state index contributed by atoms with van der Waals surface area (Å²) in [6.07, 6.45) is -26.7. The maximum Gasteiger partial charge on any atom is 0.239 e. The summed E-state index contributed by atoms with van der Waals surface area (Å²) in [6.45, 7) is -2.48. The Morgan fingerprint density at radius 1 is 0.593 bits per heavy atom. The maximum atomic E-state index is 14.2. The molecule has 0 radical (unpaired) electrons. The molecule has 21 nitrogen and oxygen atoms in total. The van der Waals surface area contributed by atoms with E-state index in [0.717, 1.165) is 12.1 Å². The van der Waals surface area contributed by atoms with Gasteiger partial charge in [-0.05, 0) is 24.3 Å². The highest BCUT2D eigenvalue weighted by atomic mass is 16.8. The van der Waals surface area contributed by atoms with E-state index in [1.54, 1.807) is 0 Å². The predicted molar refractivity (Wildman–Crippen MR) is 173 cm³/mol. The largest absolute Gasteiger partial charge is 0.508 e. The molecule has 3 aromatic rings. The standard InChI is InChI=1S/C33H40O21/c34-7-15-19(39)23(43)26(46)31(50-15)48-12-5-13(38)18-14(6-12)49-28(10-1-3-11(37)4-2-10)29(22(18)42)53-33-30(25(45)21(41)17(9-36)52-33)54-32-27(47)24(44)20(40)16(8-35)51-32/h1-6,15-17,19-21,23-27,30-41,43-47H,7-9H2/t15?,16?,17?,19?,20?,21?,23?,24?,25?,26?,27-,30?,31?,32?,33?/m1/s1. The van der Waals surface area contributed by atoms with Crippen LogP contribution in [-0.2, 0) is 18.9 Å². The summed E-state index contributed by atoms with van der Waals surface area (Å²) >= 11 is 0. The first-order valence-electron chi connectivity index (χ1n) is 16.5. The van der Waals surface area contributed by atoms with Gasteiger partial charge in [0.1, 0.15) is 95.4 Å². The van der Waals surface area contributed by atoms with Crippen molar-refractivity contribution in [1.29, 1.82) is 0 Å². The number of hydrogen-bond donors (Lipinski definition) is 13. The molecular formula is C33H40O21. The second kappa shape index (κ2) is 16.2. The summed E-state index contributed by atoms with van der Waals surface area (Å²) in [5.41, 5.74) is -1.38. The smallest absolute Gasteiger partial charge is 0.239 e. The fourth-order valence-corrected chi connectivity index (χ4v) is 6.28. The highest BCUT2D eigenvalue weighted by Gasteiger charge is 2.52. The molecule has 14 unspecified atom stereocenters. The van der Waals surface area contributed by atoms with E-state index in [4.69, 9.17) is 32.8 Å². The highest BCUT2D eigenvalue weighted by molar-refractivity contribution is 5.88. The molecule has 0 amide bonds. The number of fused-ring (bicyclic) bond motifs is 1. The van der Waals surface area contributed by atoms with Crippen LogP contribution in [0.4, 0.5) is 0 Å². The highest BCUT2D eigenvalue weighted by Crippen LogP contribution is 2.39. The van der Waals surface area contributed by atoms with Crippen LogP contribution in [0.15, 0.2) is 45.6 Å². The van der Waals surface area contributed by atoms with Crippen LogP contribution in [0.3, 0.4) is 0 Å². The Hall–Kier alpha value is -3.75. The van der Waals surface area contributed by atoms with Gasteiger partial charge in [-0.15, -0.1) is 0 Å². The molecule has 3 saturated heterocycles. The Morgan fingerprint density at radius 3 is 1.69 bits per heavy atom. The molecule has 298 valence electrons. The van der Waals surface area contributed by atoms with E-state index in [1.165, 1.54) is 24.3 Å². The minimum Gasteiger partial charge on any atom is -0.508 e. The quantitative estimate of drug-likeness (QED) is 0.0918. The van der Waals surface area contributed by atoms with Gasteiger partial charge in [0.05, 0.1) is 19.8 Å². The van der Waals surface area contributed by atoms with Crippen LogP contribution in [-0.4, -0.2) is 178 Å². The molecule has 15 atom stereocenters. The van der Waals surface area contributed by atoms with Gasteiger partial charge in [0.15, 0.2) is 18.2 Å². The lowest BCUT2D eigenvalue weighted by molar-refractivity contribution is -0.358. The molecule has 0 aliphatic carbocycles. The van der Waals surface area contributed by atoms with Crippen molar-refractivity contribution in [3.8, 4) is 34.3 Å². The molecule has 0 spiro atoms. The SMILES string of the molecule is O=c1c(OC2OC(CO)C(O)C(O)C2OC2OC(CO)C(O)C(O)[C@H]2O)c(-c2ccc(O)cc2)oc2cc(OC3OC(CO)C(O)C(O)C3O)cc(O)c12. The Morgan fingerprint density at radius 2 is 1.11 bits per heavy atom. The van der Waals surface area contributed by atoms with Crippen LogP contribution >= 0.6 is 0 Å². The van der Waals surface area contributed by atoms with Crippen LogP contribution in [0.5, 0.6) is 23.0 Å². The first-order chi connectivity index (χ1) is 25.7. The molecule has 0 saturated carbocycles. The third-order valence-electron chi connectivity index (χ3n) is 9.33. The molecule has 1 aromatic heterocycles. The second-order valence-electron chi connectivity index (χ2n) is 12.9. The van der Waals surface area contributed by atoms with Crippen LogP contribution in [0.1, 0.15) is 0 Å². The predicted octanol–water partition coefficient (Wildman–Crippen LogP) is -4.95. The fraction of sp³-hybridized carbons (Fsp3) is 0.545. The number of ether oxygens (including phenoxy) is 6. The van der Waals surface area contributed by atoms with Crippen molar-refractivity contribution in [2.45, 2.75) is 92.1 Å². The fourth-order valence-electron chi connectivity index (χ4n) is 6.28. The Labute approximate surface area is 303 Å². The van der Waals surface area contributed by atoms with Gasteiger partial charge in [-0.25, -0.2) is 0 Å². The lowest BCUT2D eigenvalue weighted by Gasteiger charge is -2.45. The third kappa shape index (κ3) is 7.45. The van der Waals surface area contributed by atoms with Crippen molar-refractivity contribution in [2.24, 2.45) is 0 Å². The van der Waals surface area contributed by atoms with E-state index < -0.39 is 140 Å². The lowest BCUT2D eigenvalue weighted by atomic mass is 9.97. The van der Waals surface area contributed by atoms with Crippen molar-refractivity contribution >= 4 is 11.0 Å². The second-order valence-corrected chi connectivity index (χ2v) is 12.9. The molecule has 3 aliphatic rings. The number of benzene rings is 2. The minimum absolute atomic E-state index is 0.0723. The van der Waals surface area contributed by atoms with Crippen molar-refractivity contribution < 1.29 is 99.2 Å². The van der Waals surface area contributed by atoms with E-state index in [9.17, 15) is 71.2 Å². The molecule has 6 rings (SSSR count). The van der Waals surface area contributed by atoms with Gasteiger partial charge in [0.2, 0.25) is 23.8 Å². The van der Waals surface area contributed by atoms with Gasteiger partial charge in [-0.2, -0.15) is 0 Å². The first-order valence-corrected chi connectivity index (χ1v) is 16.5. The van der Waals surface area contributed by atoms with E-state index in [1.807, 2.05) is 0 Å². The van der Waals surface area contributed by atoms with E-state index in [2.05, 4.69) is 0 Å². The average molecular weight is 773 g/mol. The molecule has 0 bridgehead atoms. The minimum atomic E-state index is -2.01. The Bertz CT molecular complexity index is 1800. The number of phenolic OH excluding ortho intramolecular Hbond substituents is 2.